The number of nitrogens with one attached hydrogen (secondary N) is 1. The monoisotopic (exact) mass is 614 g/mol. The SMILES string of the molecule is CCC=C(/C=C(/Cl)CN1CCN(CC(=O)N/N=C/c2cc(Br)c(O)c(Br)c2)CC1)C(F)(F)F. The number of benzene rings is 1. The Labute approximate surface area is 212 Å². The maximum Gasteiger partial charge on any atom is 0.416 e. The number of nitrogens with zero attached hydrogens (tertiary/aromatic N) is 3. The summed E-state index contributed by atoms with van der Waals surface area (Å²) in [5.74, 6) is -0.209. The minimum absolute atomic E-state index is 0.0744. The van der Waals surface area contributed by atoms with Gasteiger partial charge in [0.15, 0.2) is 0 Å². The molecule has 0 atom stereocenters. The van der Waals surface area contributed by atoms with Crippen molar-refractivity contribution in [3.63, 3.8) is 0 Å². The summed E-state index contributed by atoms with van der Waals surface area (Å²) in [6.07, 6.45) is -0.611. The number of allylic oxidation sites excluding steroid dienone is 3. The van der Waals surface area contributed by atoms with Gasteiger partial charge in [0, 0.05) is 37.8 Å². The van der Waals surface area contributed by atoms with Crippen LogP contribution in [0.1, 0.15) is 18.9 Å². The van der Waals surface area contributed by atoms with Gasteiger partial charge in [-0.25, -0.2) is 5.43 Å². The molecule has 33 heavy (non-hydrogen) atoms. The highest BCUT2D eigenvalue weighted by molar-refractivity contribution is 9.11. The first kappa shape index (κ1) is 27.8. The molecule has 12 heteroatoms. The van der Waals surface area contributed by atoms with Crippen molar-refractivity contribution in [3.8, 4) is 5.75 Å². The number of carbonyl (C=O) groups is 1. The van der Waals surface area contributed by atoms with Gasteiger partial charge >= 0.3 is 6.18 Å². The smallest absolute Gasteiger partial charge is 0.416 e. The largest absolute Gasteiger partial charge is 0.506 e. The minimum Gasteiger partial charge on any atom is -0.506 e. The lowest BCUT2D eigenvalue weighted by Crippen LogP contribution is -2.49. The summed E-state index contributed by atoms with van der Waals surface area (Å²) in [7, 11) is 0. The van der Waals surface area contributed by atoms with Crippen molar-refractivity contribution in [2.45, 2.75) is 19.5 Å². The molecule has 1 heterocycles. The van der Waals surface area contributed by atoms with Gasteiger partial charge in [0.25, 0.3) is 5.91 Å². The van der Waals surface area contributed by atoms with Gasteiger partial charge in [-0.15, -0.1) is 0 Å². The normalized spacial score (nSPS) is 17.1. The number of amides is 1. The van der Waals surface area contributed by atoms with E-state index in [0.29, 0.717) is 40.7 Å². The number of halogens is 6. The molecule has 1 amide bonds. The summed E-state index contributed by atoms with van der Waals surface area (Å²) < 4.78 is 40.0. The Hall–Kier alpha value is -1.40. The van der Waals surface area contributed by atoms with E-state index in [2.05, 4.69) is 42.4 Å². The Kier molecular flexibility index (Phi) is 10.9. The van der Waals surface area contributed by atoms with Crippen molar-refractivity contribution in [2.75, 3.05) is 39.3 Å². The van der Waals surface area contributed by atoms with E-state index in [-0.39, 0.29) is 36.2 Å². The summed E-state index contributed by atoms with van der Waals surface area (Å²) in [6, 6.07) is 3.31. The quantitative estimate of drug-likeness (QED) is 0.245. The van der Waals surface area contributed by atoms with Crippen LogP contribution >= 0.6 is 43.5 Å². The summed E-state index contributed by atoms with van der Waals surface area (Å²) >= 11 is 12.5. The molecule has 0 aliphatic carbocycles. The van der Waals surface area contributed by atoms with Crippen LogP contribution in [0.2, 0.25) is 0 Å². The molecule has 2 N–H and O–H groups in total. The molecule has 0 radical (unpaired) electrons. The zero-order valence-corrected chi connectivity index (χ0v) is 21.7. The number of aromatic hydroxyl groups is 1. The van der Waals surface area contributed by atoms with Gasteiger partial charge in [-0.3, -0.25) is 14.6 Å². The van der Waals surface area contributed by atoms with Crippen molar-refractivity contribution in [1.82, 2.24) is 15.2 Å². The fourth-order valence-electron chi connectivity index (χ4n) is 3.09. The number of phenols is 1. The second-order valence-electron chi connectivity index (χ2n) is 7.34. The topological polar surface area (TPSA) is 68.2 Å². The van der Waals surface area contributed by atoms with Gasteiger partial charge in [0.1, 0.15) is 5.75 Å². The van der Waals surface area contributed by atoms with E-state index < -0.39 is 11.7 Å². The minimum atomic E-state index is -4.43. The lowest BCUT2D eigenvalue weighted by molar-refractivity contribution is -0.122. The van der Waals surface area contributed by atoms with E-state index in [0.717, 1.165) is 12.2 Å². The molecule has 0 saturated carbocycles. The molecule has 0 unspecified atom stereocenters. The second kappa shape index (κ2) is 12.9. The van der Waals surface area contributed by atoms with E-state index in [1.165, 1.54) is 6.21 Å². The number of rotatable bonds is 8. The van der Waals surface area contributed by atoms with E-state index in [9.17, 15) is 23.1 Å². The summed E-state index contributed by atoms with van der Waals surface area (Å²) in [5.41, 5.74) is 2.40. The fraction of sp³-hybridized carbons (Fsp3) is 0.429. The number of alkyl halides is 3. The number of phenolic OH excluding ortho intramolecular Hbond substituents is 1. The molecule has 6 nitrogen and oxygen atoms in total. The number of hydrogen-bond donors (Lipinski definition) is 2. The van der Waals surface area contributed by atoms with Gasteiger partial charge in [-0.2, -0.15) is 18.3 Å². The molecular weight excluding hydrogens is 593 g/mol. The fourth-order valence-corrected chi connectivity index (χ4v) is 4.60. The van der Waals surface area contributed by atoms with Gasteiger partial charge < -0.3 is 5.11 Å². The zero-order valence-electron chi connectivity index (χ0n) is 17.8. The first-order valence-corrected chi connectivity index (χ1v) is 12.0. The third kappa shape index (κ3) is 9.40. The molecule has 0 bridgehead atoms. The van der Waals surface area contributed by atoms with Crippen LogP contribution in [0.15, 0.2) is 48.9 Å². The Bertz CT molecular complexity index is 908. The second-order valence-corrected chi connectivity index (χ2v) is 9.53. The molecule has 1 aromatic rings. The number of hydrazone groups is 1. The average molecular weight is 617 g/mol. The highest BCUT2D eigenvalue weighted by atomic mass is 79.9. The Morgan fingerprint density at radius 1 is 1.18 bits per heavy atom. The lowest BCUT2D eigenvalue weighted by Gasteiger charge is -2.34. The van der Waals surface area contributed by atoms with Crippen molar-refractivity contribution in [1.29, 1.82) is 0 Å². The van der Waals surface area contributed by atoms with Gasteiger partial charge in [0.05, 0.1) is 27.3 Å². The van der Waals surface area contributed by atoms with Gasteiger partial charge in [0.2, 0.25) is 0 Å². The zero-order chi connectivity index (χ0) is 24.6. The van der Waals surface area contributed by atoms with E-state index in [1.807, 2.05) is 9.80 Å². The molecule has 182 valence electrons. The molecule has 1 saturated heterocycles. The molecular formula is C21H24Br2ClF3N4O2. The summed E-state index contributed by atoms with van der Waals surface area (Å²) in [4.78, 5) is 16.0. The van der Waals surface area contributed by atoms with Crippen molar-refractivity contribution < 1.29 is 23.1 Å². The molecule has 1 aromatic carbocycles. The van der Waals surface area contributed by atoms with Crippen LogP contribution < -0.4 is 5.43 Å². The predicted octanol–water partition coefficient (Wildman–Crippen LogP) is 5.01. The lowest BCUT2D eigenvalue weighted by atomic mass is 10.2. The summed E-state index contributed by atoms with van der Waals surface area (Å²) in [5, 5.41) is 13.8. The van der Waals surface area contributed by atoms with E-state index in [1.54, 1.807) is 19.1 Å². The Morgan fingerprint density at radius 2 is 1.73 bits per heavy atom. The molecule has 2 rings (SSSR count). The molecule has 0 aromatic heterocycles. The maximum atomic E-state index is 13.0. The van der Waals surface area contributed by atoms with Crippen LogP contribution in [0.5, 0.6) is 5.75 Å². The molecule has 1 aliphatic heterocycles. The van der Waals surface area contributed by atoms with Crippen molar-refractivity contribution in [2.24, 2.45) is 5.10 Å². The van der Waals surface area contributed by atoms with Crippen LogP contribution in [0.3, 0.4) is 0 Å². The summed E-state index contributed by atoms with van der Waals surface area (Å²) in [6.45, 7) is 4.33. The van der Waals surface area contributed by atoms with E-state index in [4.69, 9.17) is 11.6 Å². The van der Waals surface area contributed by atoms with Gasteiger partial charge in [-0.05, 0) is 62.1 Å². The van der Waals surface area contributed by atoms with Crippen LogP contribution in [0.4, 0.5) is 13.2 Å². The molecule has 1 fully saturated rings. The predicted molar refractivity (Wildman–Crippen MR) is 130 cm³/mol. The first-order valence-electron chi connectivity index (χ1n) is 10.1. The molecule has 0 spiro atoms. The Morgan fingerprint density at radius 3 is 2.24 bits per heavy atom. The van der Waals surface area contributed by atoms with Crippen LogP contribution in [-0.2, 0) is 4.79 Å². The van der Waals surface area contributed by atoms with Crippen LogP contribution in [-0.4, -0.2) is 72.5 Å². The first-order chi connectivity index (χ1) is 15.5. The average Bonchev–Trinajstić information content (AvgIpc) is 2.72. The van der Waals surface area contributed by atoms with Gasteiger partial charge in [-0.1, -0.05) is 24.6 Å². The van der Waals surface area contributed by atoms with Crippen LogP contribution in [0, 0.1) is 0 Å². The number of hydrogen-bond acceptors (Lipinski definition) is 5. The van der Waals surface area contributed by atoms with Crippen molar-refractivity contribution in [3.05, 3.63) is 49.4 Å². The number of piperazine rings is 1. The highest BCUT2D eigenvalue weighted by Crippen LogP contribution is 2.32. The number of carbonyl (C=O) groups excluding carboxylic acids is 1. The van der Waals surface area contributed by atoms with E-state index >= 15 is 0 Å². The maximum absolute atomic E-state index is 13.0. The van der Waals surface area contributed by atoms with Crippen LogP contribution in [0.25, 0.3) is 0 Å². The van der Waals surface area contributed by atoms with Crippen molar-refractivity contribution >= 4 is 55.6 Å². The molecule has 1 aliphatic rings. The third-order valence-corrected chi connectivity index (χ3v) is 6.15. The standard InChI is InChI=1S/C21H24Br2ClF3N4O2/c1-2-3-15(21(25,26)27)10-16(24)12-30-4-6-31(7-5-30)13-19(32)29-28-11-14-8-17(22)20(33)18(23)9-14/h3,8-11,33H,2,4-7,12-13H2,1H3,(H,29,32)/b15-3?,16-10+,28-11+. The Balaban J connectivity index is 1.79. The highest BCUT2D eigenvalue weighted by Gasteiger charge is 2.32. The third-order valence-electron chi connectivity index (χ3n) is 4.71.